The van der Waals surface area contributed by atoms with E-state index in [4.69, 9.17) is 4.42 Å². The number of furan rings is 1. The average Bonchev–Trinajstić information content (AvgIpc) is 3.21. The molecule has 2 nitrogen and oxygen atoms in total. The number of hydrogen-bond acceptors (Lipinski definition) is 2. The molecule has 2 heterocycles. The summed E-state index contributed by atoms with van der Waals surface area (Å²) >= 11 is 0. The van der Waals surface area contributed by atoms with Crippen molar-refractivity contribution in [3.8, 4) is 22.4 Å². The summed E-state index contributed by atoms with van der Waals surface area (Å²) in [4.78, 5) is 4.51. The van der Waals surface area contributed by atoms with Gasteiger partial charge >= 0.3 is 0 Å². The standard InChI is InChI=1S/C31H28FNO/c1-30(2)15-16-31(3,4)24-18-19(11-13-23(24)30)27-25(32)14-12-21-20-8-7-9-22(28(20)34-29(21)27)26-10-5-6-17-33-26/h5-14,17-18H,15-16H2,1-4H3. The van der Waals surface area contributed by atoms with Gasteiger partial charge in [0.05, 0.1) is 11.3 Å². The Morgan fingerprint density at radius 3 is 2.29 bits per heavy atom. The van der Waals surface area contributed by atoms with Crippen LogP contribution in [0.5, 0.6) is 0 Å². The van der Waals surface area contributed by atoms with Crippen LogP contribution in [0.4, 0.5) is 4.39 Å². The van der Waals surface area contributed by atoms with Gasteiger partial charge in [-0.3, -0.25) is 4.98 Å². The first kappa shape index (κ1) is 21.1. The Bertz CT molecular complexity index is 1560. The number of para-hydroxylation sites is 1. The molecule has 0 unspecified atom stereocenters. The molecule has 1 aliphatic carbocycles. The van der Waals surface area contributed by atoms with Gasteiger partial charge in [0.25, 0.3) is 0 Å². The lowest BCUT2D eigenvalue weighted by atomic mass is 9.63. The number of hydrogen-bond donors (Lipinski definition) is 0. The van der Waals surface area contributed by atoms with E-state index >= 15 is 4.39 Å². The predicted molar refractivity (Wildman–Crippen MR) is 138 cm³/mol. The second kappa shape index (κ2) is 7.27. The van der Waals surface area contributed by atoms with E-state index in [9.17, 15) is 0 Å². The number of pyridine rings is 1. The highest BCUT2D eigenvalue weighted by Gasteiger charge is 2.37. The highest BCUT2D eigenvalue weighted by molar-refractivity contribution is 6.12. The maximum atomic E-state index is 15.5. The topological polar surface area (TPSA) is 26.0 Å². The molecule has 0 saturated heterocycles. The fourth-order valence-electron chi connectivity index (χ4n) is 5.57. The van der Waals surface area contributed by atoms with Crippen molar-refractivity contribution in [1.82, 2.24) is 4.98 Å². The van der Waals surface area contributed by atoms with Gasteiger partial charge in [-0.05, 0) is 70.7 Å². The van der Waals surface area contributed by atoms with Crippen LogP contribution in [0.25, 0.3) is 44.3 Å². The van der Waals surface area contributed by atoms with Crippen molar-refractivity contribution in [2.24, 2.45) is 0 Å². The third kappa shape index (κ3) is 3.10. The summed E-state index contributed by atoms with van der Waals surface area (Å²) in [5.74, 6) is -0.265. The number of nitrogens with zero attached hydrogens (tertiary/aromatic N) is 1. The number of benzene rings is 3. The Kier molecular flexibility index (Phi) is 4.51. The van der Waals surface area contributed by atoms with Crippen LogP contribution >= 0.6 is 0 Å². The molecule has 0 aliphatic heterocycles. The molecule has 0 radical (unpaired) electrons. The molecule has 0 atom stereocenters. The highest BCUT2D eigenvalue weighted by Crippen LogP contribution is 2.48. The Labute approximate surface area is 199 Å². The Morgan fingerprint density at radius 2 is 1.53 bits per heavy atom. The number of rotatable bonds is 2. The van der Waals surface area contributed by atoms with Gasteiger partial charge in [-0.1, -0.05) is 64.1 Å². The molecule has 5 aromatic rings. The largest absolute Gasteiger partial charge is 0.455 e. The second-order valence-electron chi connectivity index (χ2n) is 10.8. The predicted octanol–water partition coefficient (Wildman–Crippen LogP) is 8.80. The average molecular weight is 450 g/mol. The maximum absolute atomic E-state index is 15.5. The number of aromatic nitrogens is 1. The fourth-order valence-corrected chi connectivity index (χ4v) is 5.57. The maximum Gasteiger partial charge on any atom is 0.146 e. The van der Waals surface area contributed by atoms with Gasteiger partial charge in [-0.25, -0.2) is 4.39 Å². The van der Waals surface area contributed by atoms with Crippen LogP contribution in [0.1, 0.15) is 51.7 Å². The third-order valence-electron chi connectivity index (χ3n) is 7.70. The van der Waals surface area contributed by atoms with Gasteiger partial charge in [0, 0.05) is 22.5 Å². The zero-order valence-corrected chi connectivity index (χ0v) is 20.1. The lowest BCUT2D eigenvalue weighted by molar-refractivity contribution is 0.332. The van der Waals surface area contributed by atoms with Crippen molar-refractivity contribution in [2.45, 2.75) is 51.4 Å². The van der Waals surface area contributed by atoms with Crippen LogP contribution in [0, 0.1) is 5.82 Å². The lowest BCUT2D eigenvalue weighted by Crippen LogP contribution is -2.33. The van der Waals surface area contributed by atoms with Crippen molar-refractivity contribution in [2.75, 3.05) is 0 Å². The summed E-state index contributed by atoms with van der Waals surface area (Å²) < 4.78 is 21.9. The minimum atomic E-state index is -0.265. The SMILES string of the molecule is CC1(C)CCC(C)(C)c2cc(-c3c(F)ccc4c3oc3c(-c5ccccn5)cccc34)ccc21. The molecular weight excluding hydrogens is 421 g/mol. The van der Waals surface area contributed by atoms with Crippen LogP contribution < -0.4 is 0 Å². The minimum absolute atomic E-state index is 0.0469. The smallest absolute Gasteiger partial charge is 0.146 e. The normalized spacial score (nSPS) is 16.6. The van der Waals surface area contributed by atoms with Crippen LogP contribution in [0.3, 0.4) is 0 Å². The molecule has 0 N–H and O–H groups in total. The van der Waals surface area contributed by atoms with Crippen molar-refractivity contribution in [3.63, 3.8) is 0 Å². The third-order valence-corrected chi connectivity index (χ3v) is 7.70. The molecule has 3 heteroatoms. The zero-order valence-electron chi connectivity index (χ0n) is 20.1. The van der Waals surface area contributed by atoms with Crippen molar-refractivity contribution >= 4 is 21.9 Å². The zero-order chi connectivity index (χ0) is 23.7. The first-order chi connectivity index (χ1) is 16.3. The molecule has 1 aliphatic rings. The second-order valence-corrected chi connectivity index (χ2v) is 10.8. The van der Waals surface area contributed by atoms with Gasteiger partial charge < -0.3 is 4.42 Å². The van der Waals surface area contributed by atoms with E-state index in [0.717, 1.165) is 46.0 Å². The molecule has 0 saturated carbocycles. The van der Waals surface area contributed by atoms with Gasteiger partial charge in [0.1, 0.15) is 17.0 Å². The monoisotopic (exact) mass is 449 g/mol. The van der Waals surface area contributed by atoms with Crippen LogP contribution in [-0.2, 0) is 10.8 Å². The Morgan fingerprint density at radius 1 is 0.765 bits per heavy atom. The van der Waals surface area contributed by atoms with Crippen LogP contribution in [-0.4, -0.2) is 4.98 Å². The Hall–Kier alpha value is -3.46. The minimum Gasteiger partial charge on any atom is -0.455 e. The first-order valence-electron chi connectivity index (χ1n) is 12.0. The highest BCUT2D eigenvalue weighted by atomic mass is 19.1. The van der Waals surface area contributed by atoms with E-state index < -0.39 is 0 Å². The molecule has 0 spiro atoms. The van der Waals surface area contributed by atoms with E-state index in [1.54, 1.807) is 12.3 Å². The quantitative estimate of drug-likeness (QED) is 0.269. The summed E-state index contributed by atoms with van der Waals surface area (Å²) in [5, 5.41) is 1.89. The number of fused-ring (bicyclic) bond motifs is 4. The Balaban J connectivity index is 1.63. The molecular formula is C31H28FNO. The van der Waals surface area contributed by atoms with Crippen molar-refractivity contribution in [1.29, 1.82) is 0 Å². The molecule has 0 fully saturated rings. The molecule has 0 amide bonds. The van der Waals surface area contributed by atoms with Gasteiger partial charge in [0.15, 0.2) is 0 Å². The molecule has 170 valence electrons. The van der Waals surface area contributed by atoms with E-state index in [0.29, 0.717) is 11.1 Å². The molecule has 0 bridgehead atoms. The molecule has 34 heavy (non-hydrogen) atoms. The van der Waals surface area contributed by atoms with E-state index in [1.807, 2.05) is 42.5 Å². The van der Waals surface area contributed by atoms with Crippen LogP contribution in [0.2, 0.25) is 0 Å². The first-order valence-corrected chi connectivity index (χ1v) is 12.0. The van der Waals surface area contributed by atoms with Crippen molar-refractivity contribution in [3.05, 3.63) is 89.9 Å². The van der Waals surface area contributed by atoms with Gasteiger partial charge in [0.2, 0.25) is 0 Å². The van der Waals surface area contributed by atoms with Gasteiger partial charge in [-0.15, -0.1) is 0 Å². The lowest BCUT2D eigenvalue weighted by Gasteiger charge is -2.42. The summed E-state index contributed by atoms with van der Waals surface area (Å²) in [5.41, 5.74) is 7.31. The summed E-state index contributed by atoms with van der Waals surface area (Å²) in [6.07, 6.45) is 4.04. The van der Waals surface area contributed by atoms with Crippen LogP contribution in [0.15, 0.2) is 77.3 Å². The molecule has 3 aromatic carbocycles. The molecule has 2 aromatic heterocycles. The van der Waals surface area contributed by atoms with Gasteiger partial charge in [-0.2, -0.15) is 0 Å². The van der Waals surface area contributed by atoms with E-state index in [1.165, 1.54) is 11.1 Å². The van der Waals surface area contributed by atoms with Crippen molar-refractivity contribution < 1.29 is 8.81 Å². The summed E-state index contributed by atoms with van der Waals surface area (Å²) in [6, 6.07) is 21.7. The summed E-state index contributed by atoms with van der Waals surface area (Å²) in [7, 11) is 0. The van der Waals surface area contributed by atoms with E-state index in [-0.39, 0.29) is 16.6 Å². The summed E-state index contributed by atoms with van der Waals surface area (Å²) in [6.45, 7) is 9.20. The number of halogens is 1. The molecule has 6 rings (SSSR count). The fraction of sp³-hybridized carbons (Fsp3) is 0.258. The van der Waals surface area contributed by atoms with E-state index in [2.05, 4.69) is 50.9 Å².